The van der Waals surface area contributed by atoms with Gasteiger partial charge in [-0.1, -0.05) is 0 Å². The van der Waals surface area contributed by atoms with Crippen LogP contribution in [0.3, 0.4) is 0 Å². The predicted molar refractivity (Wildman–Crippen MR) is 64.0 cm³/mol. The Balaban J connectivity index is 2.01. The molecule has 1 amide bonds. The zero-order chi connectivity index (χ0) is 12.8. The quantitative estimate of drug-likeness (QED) is 0.749. The van der Waals surface area contributed by atoms with Crippen LogP contribution in [-0.4, -0.2) is 24.0 Å². The van der Waals surface area contributed by atoms with Crippen molar-refractivity contribution in [2.75, 3.05) is 11.9 Å². The number of rotatable bonds is 1. The van der Waals surface area contributed by atoms with E-state index in [1.54, 1.807) is 25.4 Å². The average molecular weight is 243 g/mol. The number of amides is 1. The number of hydrogen-bond acceptors (Lipinski definition) is 4. The second-order valence-electron chi connectivity index (χ2n) is 4.84. The Hall–Kier alpha value is -2.09. The normalized spacial score (nSPS) is 24.6. The summed E-state index contributed by atoms with van der Waals surface area (Å²) in [5.41, 5.74) is -0.654. The van der Waals surface area contributed by atoms with Crippen LogP contribution in [0.15, 0.2) is 18.3 Å². The molecule has 1 aliphatic heterocycles. The van der Waals surface area contributed by atoms with Gasteiger partial charge < -0.3 is 4.74 Å². The lowest BCUT2D eigenvalue weighted by atomic mass is 9.65. The van der Waals surface area contributed by atoms with Crippen molar-refractivity contribution in [3.05, 3.63) is 18.3 Å². The molecule has 18 heavy (non-hydrogen) atoms. The standard InChI is InChI=1S/C13H13N3O2/c1-16-11-9(4-2-7-15-11)18-10(12(16)17)13(8-14)5-3-6-13/h2,4,7,10H,3,5-6H2,1H3. The molecule has 1 aromatic rings. The van der Waals surface area contributed by atoms with Gasteiger partial charge in [-0.05, 0) is 31.4 Å². The Morgan fingerprint density at radius 1 is 1.61 bits per heavy atom. The first kappa shape index (κ1) is 11.0. The highest BCUT2D eigenvalue weighted by atomic mass is 16.5. The molecule has 1 aliphatic carbocycles. The third-order valence-corrected chi connectivity index (χ3v) is 3.84. The van der Waals surface area contributed by atoms with Gasteiger partial charge in [0.2, 0.25) is 0 Å². The Morgan fingerprint density at radius 2 is 2.39 bits per heavy atom. The molecule has 0 spiro atoms. The zero-order valence-corrected chi connectivity index (χ0v) is 10.1. The third kappa shape index (κ3) is 1.32. The Kier molecular flexibility index (Phi) is 2.27. The highest BCUT2D eigenvalue weighted by molar-refractivity contribution is 5.99. The summed E-state index contributed by atoms with van der Waals surface area (Å²) < 4.78 is 5.74. The highest BCUT2D eigenvalue weighted by Gasteiger charge is 2.53. The molecule has 1 aromatic heterocycles. The monoisotopic (exact) mass is 243 g/mol. The van der Waals surface area contributed by atoms with E-state index in [-0.39, 0.29) is 5.91 Å². The topological polar surface area (TPSA) is 66.2 Å². The molecule has 0 aromatic carbocycles. The number of nitriles is 1. The maximum absolute atomic E-state index is 12.3. The number of ether oxygens (including phenoxy) is 1. The van der Waals surface area contributed by atoms with E-state index in [0.717, 1.165) is 19.3 Å². The summed E-state index contributed by atoms with van der Waals surface area (Å²) >= 11 is 0. The van der Waals surface area contributed by atoms with Crippen LogP contribution in [0.1, 0.15) is 19.3 Å². The van der Waals surface area contributed by atoms with Crippen LogP contribution in [0.2, 0.25) is 0 Å². The van der Waals surface area contributed by atoms with Crippen LogP contribution < -0.4 is 9.64 Å². The smallest absolute Gasteiger partial charge is 0.270 e. The van der Waals surface area contributed by atoms with Gasteiger partial charge in [0, 0.05) is 13.2 Å². The molecule has 0 saturated heterocycles. The van der Waals surface area contributed by atoms with Gasteiger partial charge in [0.25, 0.3) is 5.91 Å². The number of aromatic nitrogens is 1. The van der Waals surface area contributed by atoms with E-state index in [0.29, 0.717) is 11.6 Å². The van der Waals surface area contributed by atoms with Gasteiger partial charge in [0.05, 0.1) is 6.07 Å². The van der Waals surface area contributed by atoms with Crippen molar-refractivity contribution in [1.82, 2.24) is 4.98 Å². The molecular formula is C13H13N3O2. The molecule has 1 fully saturated rings. The highest BCUT2D eigenvalue weighted by Crippen LogP contribution is 2.47. The zero-order valence-electron chi connectivity index (χ0n) is 10.1. The number of carbonyl (C=O) groups excluding carboxylic acids is 1. The van der Waals surface area contributed by atoms with Crippen molar-refractivity contribution in [3.8, 4) is 11.8 Å². The SMILES string of the molecule is CN1C(=O)C(C2(C#N)CCC2)Oc2cccnc21. The molecule has 5 heteroatoms. The van der Waals surface area contributed by atoms with Crippen LogP contribution in [0.4, 0.5) is 5.82 Å². The van der Waals surface area contributed by atoms with E-state index < -0.39 is 11.5 Å². The van der Waals surface area contributed by atoms with Crippen molar-refractivity contribution in [3.63, 3.8) is 0 Å². The number of pyridine rings is 1. The van der Waals surface area contributed by atoms with Crippen LogP contribution >= 0.6 is 0 Å². The molecule has 2 heterocycles. The minimum Gasteiger partial charge on any atom is -0.475 e. The summed E-state index contributed by atoms with van der Waals surface area (Å²) in [6.45, 7) is 0. The predicted octanol–water partition coefficient (Wildman–Crippen LogP) is 1.50. The minimum absolute atomic E-state index is 0.178. The maximum Gasteiger partial charge on any atom is 0.270 e. The number of anilines is 1. The van der Waals surface area contributed by atoms with Gasteiger partial charge in [0.1, 0.15) is 5.41 Å². The van der Waals surface area contributed by atoms with Gasteiger partial charge >= 0.3 is 0 Å². The molecule has 92 valence electrons. The van der Waals surface area contributed by atoms with Crippen LogP contribution in [0, 0.1) is 16.7 Å². The fraction of sp³-hybridized carbons (Fsp3) is 0.462. The molecule has 2 aliphatic rings. The molecule has 1 saturated carbocycles. The first-order valence-electron chi connectivity index (χ1n) is 5.98. The summed E-state index contributed by atoms with van der Waals surface area (Å²) in [6, 6.07) is 5.82. The minimum atomic E-state index is -0.696. The number of hydrogen-bond donors (Lipinski definition) is 0. The molecule has 0 bridgehead atoms. The lowest BCUT2D eigenvalue weighted by Crippen LogP contribution is -2.55. The third-order valence-electron chi connectivity index (χ3n) is 3.84. The van der Waals surface area contributed by atoms with Gasteiger partial charge in [0.15, 0.2) is 17.7 Å². The summed E-state index contributed by atoms with van der Waals surface area (Å²) in [4.78, 5) is 17.9. The second kappa shape index (κ2) is 3.70. The maximum atomic E-state index is 12.3. The van der Waals surface area contributed by atoms with Gasteiger partial charge in [-0.3, -0.25) is 9.69 Å². The first-order chi connectivity index (χ1) is 8.68. The van der Waals surface area contributed by atoms with Gasteiger partial charge in [-0.15, -0.1) is 0 Å². The number of fused-ring (bicyclic) bond motifs is 1. The summed E-state index contributed by atoms with van der Waals surface area (Å²) in [6.07, 6.45) is 3.35. The number of likely N-dealkylation sites (N-methyl/N-ethyl adjacent to an activating group) is 1. The fourth-order valence-electron chi connectivity index (χ4n) is 2.52. The van der Waals surface area contributed by atoms with E-state index in [2.05, 4.69) is 11.1 Å². The molecule has 3 rings (SSSR count). The van der Waals surface area contributed by atoms with Crippen molar-refractivity contribution < 1.29 is 9.53 Å². The van der Waals surface area contributed by atoms with Gasteiger partial charge in [-0.2, -0.15) is 5.26 Å². The van der Waals surface area contributed by atoms with Crippen molar-refractivity contribution in [2.45, 2.75) is 25.4 Å². The molecule has 0 radical (unpaired) electrons. The van der Waals surface area contributed by atoms with E-state index in [9.17, 15) is 10.1 Å². The van der Waals surface area contributed by atoms with Gasteiger partial charge in [-0.25, -0.2) is 4.98 Å². The van der Waals surface area contributed by atoms with Crippen LogP contribution in [0.25, 0.3) is 0 Å². The molecule has 0 N–H and O–H groups in total. The Bertz CT molecular complexity index is 545. The lowest BCUT2D eigenvalue weighted by Gasteiger charge is -2.44. The number of nitrogens with zero attached hydrogens (tertiary/aromatic N) is 3. The Morgan fingerprint density at radius 3 is 3.00 bits per heavy atom. The Labute approximate surface area is 105 Å². The number of carbonyl (C=O) groups is 1. The van der Waals surface area contributed by atoms with E-state index >= 15 is 0 Å². The van der Waals surface area contributed by atoms with Crippen LogP contribution in [0.5, 0.6) is 5.75 Å². The summed E-state index contributed by atoms with van der Waals surface area (Å²) in [7, 11) is 1.67. The second-order valence-corrected chi connectivity index (χ2v) is 4.84. The fourth-order valence-corrected chi connectivity index (χ4v) is 2.52. The average Bonchev–Trinajstić information content (AvgIpc) is 2.35. The first-order valence-corrected chi connectivity index (χ1v) is 5.98. The largest absolute Gasteiger partial charge is 0.475 e. The molecular weight excluding hydrogens is 230 g/mol. The van der Waals surface area contributed by atoms with E-state index in [1.165, 1.54) is 4.90 Å². The lowest BCUT2D eigenvalue weighted by molar-refractivity contribution is -0.133. The van der Waals surface area contributed by atoms with Crippen molar-refractivity contribution in [1.29, 1.82) is 5.26 Å². The van der Waals surface area contributed by atoms with Crippen molar-refractivity contribution in [2.24, 2.45) is 5.41 Å². The summed E-state index contributed by atoms with van der Waals surface area (Å²) in [5, 5.41) is 9.32. The van der Waals surface area contributed by atoms with E-state index in [1.807, 2.05) is 0 Å². The molecule has 1 unspecified atom stereocenters. The molecule has 5 nitrogen and oxygen atoms in total. The van der Waals surface area contributed by atoms with Crippen LogP contribution in [-0.2, 0) is 4.79 Å². The molecule has 1 atom stereocenters. The van der Waals surface area contributed by atoms with E-state index in [4.69, 9.17) is 4.74 Å². The van der Waals surface area contributed by atoms with Crippen molar-refractivity contribution >= 4 is 11.7 Å². The summed E-state index contributed by atoms with van der Waals surface area (Å²) in [5.74, 6) is 0.916.